The number of ether oxygens (including phenoxy) is 1. The van der Waals surface area contributed by atoms with Crippen molar-refractivity contribution < 1.29 is 4.74 Å². The summed E-state index contributed by atoms with van der Waals surface area (Å²) in [6.07, 6.45) is 7.92. The van der Waals surface area contributed by atoms with Crippen LogP contribution in [0.3, 0.4) is 0 Å². The monoisotopic (exact) mass is 255 g/mol. The van der Waals surface area contributed by atoms with Crippen molar-refractivity contribution in [3.63, 3.8) is 0 Å². The summed E-state index contributed by atoms with van der Waals surface area (Å²) in [6.45, 7) is 1.51. The van der Waals surface area contributed by atoms with E-state index in [1.54, 1.807) is 7.11 Å². The molecular weight excluding hydrogens is 234 g/mol. The molecule has 1 saturated carbocycles. The molecule has 96 valence electrons. The van der Waals surface area contributed by atoms with Gasteiger partial charge in [-0.25, -0.2) is 4.98 Å². The van der Waals surface area contributed by atoms with Gasteiger partial charge in [0.1, 0.15) is 5.82 Å². The number of aromatic nitrogens is 2. The van der Waals surface area contributed by atoms with E-state index in [0.29, 0.717) is 12.5 Å². The Labute approximate surface area is 107 Å². The van der Waals surface area contributed by atoms with E-state index in [1.807, 2.05) is 0 Å². The van der Waals surface area contributed by atoms with Crippen LogP contribution in [0.4, 0.5) is 5.13 Å². The third kappa shape index (κ3) is 3.92. The van der Waals surface area contributed by atoms with Crippen LogP contribution in [-0.4, -0.2) is 29.6 Å². The third-order valence-corrected chi connectivity index (χ3v) is 3.93. The van der Waals surface area contributed by atoms with Crippen LogP contribution in [0.5, 0.6) is 0 Å². The molecule has 0 aliphatic heterocycles. The fourth-order valence-electron chi connectivity index (χ4n) is 2.27. The van der Waals surface area contributed by atoms with E-state index in [-0.39, 0.29) is 0 Å². The van der Waals surface area contributed by atoms with Crippen LogP contribution in [-0.2, 0) is 4.74 Å². The Morgan fingerprint density at radius 3 is 2.76 bits per heavy atom. The lowest BCUT2D eigenvalue weighted by molar-refractivity contribution is 0.211. The molecule has 2 rings (SSSR count). The van der Waals surface area contributed by atoms with Crippen molar-refractivity contribution in [3.8, 4) is 0 Å². The van der Waals surface area contributed by atoms with E-state index < -0.39 is 0 Å². The summed E-state index contributed by atoms with van der Waals surface area (Å²) < 4.78 is 9.48. The van der Waals surface area contributed by atoms with Gasteiger partial charge in [-0.2, -0.15) is 4.37 Å². The molecule has 4 nitrogen and oxygen atoms in total. The molecule has 0 bridgehead atoms. The lowest BCUT2D eigenvalue weighted by Gasteiger charge is -2.08. The molecule has 0 radical (unpaired) electrons. The number of rotatable bonds is 5. The average molecular weight is 255 g/mol. The van der Waals surface area contributed by atoms with E-state index in [9.17, 15) is 0 Å². The highest BCUT2D eigenvalue weighted by Crippen LogP contribution is 2.31. The van der Waals surface area contributed by atoms with E-state index in [1.165, 1.54) is 50.1 Å². The Morgan fingerprint density at radius 1 is 1.29 bits per heavy atom. The molecule has 1 aliphatic rings. The summed E-state index contributed by atoms with van der Waals surface area (Å²) in [7, 11) is 1.71. The maximum Gasteiger partial charge on any atom is 0.202 e. The number of nitrogens with one attached hydrogen (secondary N) is 1. The quantitative estimate of drug-likeness (QED) is 0.649. The van der Waals surface area contributed by atoms with Crippen LogP contribution in [0.2, 0.25) is 0 Å². The predicted octanol–water partition coefficient (Wildman–Crippen LogP) is 3.03. The van der Waals surface area contributed by atoms with Gasteiger partial charge in [-0.3, -0.25) is 0 Å². The molecule has 17 heavy (non-hydrogen) atoms. The normalized spacial score (nSPS) is 17.9. The minimum Gasteiger partial charge on any atom is -0.383 e. The second-order valence-corrected chi connectivity index (χ2v) is 5.32. The first-order valence-electron chi connectivity index (χ1n) is 6.46. The molecule has 0 saturated heterocycles. The summed E-state index contributed by atoms with van der Waals surface area (Å²) in [4.78, 5) is 4.59. The predicted molar refractivity (Wildman–Crippen MR) is 70.7 cm³/mol. The molecule has 0 spiro atoms. The zero-order valence-electron chi connectivity index (χ0n) is 10.4. The standard InChI is InChI=1S/C12H21N3OS/c1-16-9-8-13-12-14-11(15-17-12)10-6-4-2-3-5-7-10/h10H,2-9H2,1H3,(H,13,14,15). The SMILES string of the molecule is COCCNc1nc(C2CCCCCC2)ns1. The van der Waals surface area contributed by atoms with Crippen LogP contribution in [0, 0.1) is 0 Å². The Balaban J connectivity index is 1.87. The van der Waals surface area contributed by atoms with Gasteiger partial charge >= 0.3 is 0 Å². The largest absolute Gasteiger partial charge is 0.383 e. The van der Waals surface area contributed by atoms with Gasteiger partial charge in [0, 0.05) is 31.1 Å². The van der Waals surface area contributed by atoms with Crippen LogP contribution in [0.15, 0.2) is 0 Å². The van der Waals surface area contributed by atoms with Gasteiger partial charge < -0.3 is 10.1 Å². The lowest BCUT2D eigenvalue weighted by atomic mass is 10.00. The average Bonchev–Trinajstić information content (AvgIpc) is 2.64. The molecule has 1 heterocycles. The molecule has 1 aromatic rings. The second kappa shape index (κ2) is 6.91. The van der Waals surface area contributed by atoms with Crippen molar-refractivity contribution in [2.45, 2.75) is 44.4 Å². The topological polar surface area (TPSA) is 47.0 Å². The van der Waals surface area contributed by atoms with Gasteiger partial charge in [-0.05, 0) is 12.8 Å². The summed E-state index contributed by atoms with van der Waals surface area (Å²) >= 11 is 1.47. The Bertz CT molecular complexity index is 321. The van der Waals surface area contributed by atoms with Crippen molar-refractivity contribution in [1.82, 2.24) is 9.36 Å². The van der Waals surface area contributed by atoms with Gasteiger partial charge in [0.2, 0.25) is 5.13 Å². The minimum atomic E-state index is 0.590. The molecule has 1 aliphatic carbocycles. The highest BCUT2D eigenvalue weighted by atomic mass is 32.1. The maximum absolute atomic E-state index is 5.00. The first kappa shape index (κ1) is 12.8. The van der Waals surface area contributed by atoms with Crippen molar-refractivity contribution in [2.24, 2.45) is 0 Å². The molecule has 0 unspecified atom stereocenters. The second-order valence-electron chi connectivity index (χ2n) is 4.57. The third-order valence-electron chi connectivity index (χ3n) is 3.24. The summed E-state index contributed by atoms with van der Waals surface area (Å²) in [5.41, 5.74) is 0. The number of nitrogens with zero attached hydrogens (tertiary/aromatic N) is 2. The van der Waals surface area contributed by atoms with Gasteiger partial charge in [-0.15, -0.1) is 0 Å². The molecule has 5 heteroatoms. The molecular formula is C12H21N3OS. The van der Waals surface area contributed by atoms with Crippen molar-refractivity contribution in [2.75, 3.05) is 25.6 Å². The molecule has 1 fully saturated rings. The number of methoxy groups -OCH3 is 1. The molecule has 1 aromatic heterocycles. The zero-order chi connectivity index (χ0) is 11.9. The zero-order valence-corrected chi connectivity index (χ0v) is 11.3. The van der Waals surface area contributed by atoms with Crippen LogP contribution >= 0.6 is 11.5 Å². The molecule has 0 amide bonds. The van der Waals surface area contributed by atoms with E-state index in [0.717, 1.165) is 17.5 Å². The van der Waals surface area contributed by atoms with Crippen molar-refractivity contribution >= 4 is 16.7 Å². The smallest absolute Gasteiger partial charge is 0.202 e. The number of hydrogen-bond donors (Lipinski definition) is 1. The van der Waals surface area contributed by atoms with Gasteiger partial charge in [0.15, 0.2) is 0 Å². The van der Waals surface area contributed by atoms with Crippen molar-refractivity contribution in [3.05, 3.63) is 5.82 Å². The number of anilines is 1. The fraction of sp³-hybridized carbons (Fsp3) is 0.833. The first-order chi connectivity index (χ1) is 8.40. The number of hydrogen-bond acceptors (Lipinski definition) is 5. The van der Waals surface area contributed by atoms with E-state index in [4.69, 9.17) is 4.74 Å². The summed E-state index contributed by atoms with van der Waals surface area (Å²) in [5, 5.41) is 4.17. The van der Waals surface area contributed by atoms with E-state index in [2.05, 4.69) is 14.7 Å². The van der Waals surface area contributed by atoms with Gasteiger partial charge in [-0.1, -0.05) is 25.7 Å². The highest BCUT2D eigenvalue weighted by Gasteiger charge is 2.18. The molecule has 0 atom stereocenters. The summed E-state index contributed by atoms with van der Waals surface area (Å²) in [6, 6.07) is 0. The Morgan fingerprint density at radius 2 is 2.06 bits per heavy atom. The summed E-state index contributed by atoms with van der Waals surface area (Å²) in [5.74, 6) is 1.64. The Kier molecular flexibility index (Phi) is 5.19. The van der Waals surface area contributed by atoms with Crippen LogP contribution in [0.1, 0.15) is 50.3 Å². The van der Waals surface area contributed by atoms with Crippen LogP contribution in [0.25, 0.3) is 0 Å². The van der Waals surface area contributed by atoms with Crippen molar-refractivity contribution in [1.29, 1.82) is 0 Å². The van der Waals surface area contributed by atoms with Crippen LogP contribution < -0.4 is 5.32 Å². The minimum absolute atomic E-state index is 0.590. The van der Waals surface area contributed by atoms with Gasteiger partial charge in [0.25, 0.3) is 0 Å². The van der Waals surface area contributed by atoms with Gasteiger partial charge in [0.05, 0.1) is 6.61 Å². The molecule has 1 N–H and O–H groups in total. The van der Waals surface area contributed by atoms with E-state index >= 15 is 0 Å². The molecule has 0 aromatic carbocycles. The first-order valence-corrected chi connectivity index (χ1v) is 7.24. The Hall–Kier alpha value is -0.680. The maximum atomic E-state index is 5.00. The lowest BCUT2D eigenvalue weighted by Crippen LogP contribution is -2.07. The fourth-order valence-corrected chi connectivity index (χ4v) is 2.94. The highest BCUT2D eigenvalue weighted by molar-refractivity contribution is 7.09.